The first kappa shape index (κ1) is 10.4. The molecule has 0 aliphatic rings. The fourth-order valence-corrected chi connectivity index (χ4v) is 2.12. The van der Waals surface area contributed by atoms with Gasteiger partial charge in [-0.1, -0.05) is 17.7 Å². The lowest BCUT2D eigenvalue weighted by Crippen LogP contribution is -2.06. The van der Waals surface area contributed by atoms with Crippen molar-refractivity contribution in [3.05, 3.63) is 39.9 Å². The number of thiophene rings is 1. The van der Waals surface area contributed by atoms with E-state index in [1.165, 1.54) is 11.1 Å². The highest BCUT2D eigenvalue weighted by atomic mass is 35.5. The third-order valence-corrected chi connectivity index (χ3v) is 3.18. The van der Waals surface area contributed by atoms with Crippen LogP contribution in [-0.4, -0.2) is 9.97 Å². The molecule has 1 unspecified atom stereocenters. The summed E-state index contributed by atoms with van der Waals surface area (Å²) in [4.78, 5) is 9.35. The zero-order chi connectivity index (χ0) is 10.7. The Balaban J connectivity index is 2.09. The third-order valence-electron chi connectivity index (χ3n) is 1.94. The predicted octanol–water partition coefficient (Wildman–Crippen LogP) is 3.36. The van der Waals surface area contributed by atoms with Crippen LogP contribution in [0.4, 0.5) is 5.82 Å². The molecule has 2 heterocycles. The molecule has 2 aromatic rings. The fraction of sp³-hybridized carbons (Fsp3) is 0.200. The first-order valence-corrected chi connectivity index (χ1v) is 5.79. The molecule has 0 bridgehead atoms. The molecule has 0 spiro atoms. The maximum absolute atomic E-state index is 5.74. The molecule has 0 saturated heterocycles. The molecule has 2 aromatic heterocycles. The summed E-state index contributed by atoms with van der Waals surface area (Å²) in [5.41, 5.74) is 0. The second kappa shape index (κ2) is 4.59. The zero-order valence-electron chi connectivity index (χ0n) is 8.14. The van der Waals surface area contributed by atoms with E-state index in [0.717, 1.165) is 0 Å². The summed E-state index contributed by atoms with van der Waals surface area (Å²) >= 11 is 7.45. The fourth-order valence-electron chi connectivity index (χ4n) is 1.24. The minimum Gasteiger partial charge on any atom is -0.361 e. The zero-order valence-corrected chi connectivity index (χ0v) is 9.72. The lowest BCUT2D eigenvalue weighted by atomic mass is 10.3. The molecule has 0 aliphatic heterocycles. The third kappa shape index (κ3) is 2.67. The van der Waals surface area contributed by atoms with Crippen LogP contribution >= 0.6 is 22.9 Å². The number of hydrogen-bond acceptors (Lipinski definition) is 4. The predicted molar refractivity (Wildman–Crippen MR) is 63.4 cm³/mol. The summed E-state index contributed by atoms with van der Waals surface area (Å²) in [5.74, 6) is 0.698. The van der Waals surface area contributed by atoms with Crippen molar-refractivity contribution in [3.63, 3.8) is 0 Å². The topological polar surface area (TPSA) is 37.8 Å². The van der Waals surface area contributed by atoms with Crippen molar-refractivity contribution >= 4 is 28.8 Å². The van der Waals surface area contributed by atoms with E-state index in [-0.39, 0.29) is 6.04 Å². The van der Waals surface area contributed by atoms with Crippen molar-refractivity contribution < 1.29 is 0 Å². The van der Waals surface area contributed by atoms with Gasteiger partial charge in [-0.05, 0) is 18.4 Å². The van der Waals surface area contributed by atoms with E-state index in [2.05, 4.69) is 33.7 Å². The number of hydrogen-bond donors (Lipinski definition) is 1. The minimum absolute atomic E-state index is 0.220. The first-order valence-electron chi connectivity index (χ1n) is 4.53. The number of aromatic nitrogens is 2. The Hall–Kier alpha value is -1.13. The van der Waals surface area contributed by atoms with E-state index in [9.17, 15) is 0 Å². The van der Waals surface area contributed by atoms with Crippen LogP contribution in [0.15, 0.2) is 29.9 Å². The highest BCUT2D eigenvalue weighted by Gasteiger charge is 2.06. The van der Waals surface area contributed by atoms with Gasteiger partial charge in [-0.2, -0.15) is 0 Å². The van der Waals surface area contributed by atoms with Gasteiger partial charge in [0.2, 0.25) is 0 Å². The number of nitrogens with zero attached hydrogens (tertiary/aromatic N) is 2. The summed E-state index contributed by atoms with van der Waals surface area (Å²) in [7, 11) is 0. The first-order chi connectivity index (χ1) is 7.25. The Morgan fingerprint density at radius 3 is 3.00 bits per heavy atom. The highest BCUT2D eigenvalue weighted by Crippen LogP contribution is 2.22. The SMILES string of the molecule is CC(Nc1cncc(Cl)n1)c1cccs1. The van der Waals surface area contributed by atoms with Gasteiger partial charge >= 0.3 is 0 Å². The van der Waals surface area contributed by atoms with E-state index >= 15 is 0 Å². The molecular formula is C10H10ClN3S. The lowest BCUT2D eigenvalue weighted by Gasteiger charge is -2.12. The van der Waals surface area contributed by atoms with E-state index in [1.807, 2.05) is 6.07 Å². The van der Waals surface area contributed by atoms with Gasteiger partial charge in [0.1, 0.15) is 11.0 Å². The van der Waals surface area contributed by atoms with Crippen LogP contribution in [0.25, 0.3) is 0 Å². The number of halogens is 1. The Morgan fingerprint density at radius 2 is 2.33 bits per heavy atom. The molecule has 0 aliphatic carbocycles. The molecular weight excluding hydrogens is 230 g/mol. The molecule has 0 saturated carbocycles. The van der Waals surface area contributed by atoms with Gasteiger partial charge in [0, 0.05) is 4.88 Å². The normalized spacial score (nSPS) is 12.4. The number of anilines is 1. The molecule has 15 heavy (non-hydrogen) atoms. The molecule has 1 N–H and O–H groups in total. The molecule has 3 nitrogen and oxygen atoms in total. The molecule has 0 aromatic carbocycles. The van der Waals surface area contributed by atoms with Crippen LogP contribution in [0, 0.1) is 0 Å². The second-order valence-electron chi connectivity index (χ2n) is 3.11. The number of nitrogens with one attached hydrogen (secondary N) is 1. The smallest absolute Gasteiger partial charge is 0.149 e. The van der Waals surface area contributed by atoms with E-state index in [4.69, 9.17) is 11.6 Å². The molecule has 2 rings (SSSR count). The molecule has 5 heteroatoms. The summed E-state index contributed by atoms with van der Waals surface area (Å²) in [6.45, 7) is 2.08. The van der Waals surface area contributed by atoms with Crippen LogP contribution < -0.4 is 5.32 Å². The van der Waals surface area contributed by atoms with Gasteiger partial charge in [0.25, 0.3) is 0 Å². The van der Waals surface area contributed by atoms with Gasteiger partial charge in [-0.25, -0.2) is 4.98 Å². The van der Waals surface area contributed by atoms with Gasteiger partial charge in [0.15, 0.2) is 0 Å². The molecule has 0 amide bonds. The standard InChI is InChI=1S/C10H10ClN3S/c1-7(8-3-2-4-15-8)13-10-6-12-5-9(11)14-10/h2-7H,1H3,(H,13,14). The lowest BCUT2D eigenvalue weighted by molar-refractivity contribution is 0.892. The Bertz CT molecular complexity index is 430. The van der Waals surface area contributed by atoms with Gasteiger partial charge in [-0.3, -0.25) is 4.98 Å². The van der Waals surface area contributed by atoms with Crippen molar-refractivity contribution in [2.75, 3.05) is 5.32 Å². The molecule has 0 radical (unpaired) electrons. The quantitative estimate of drug-likeness (QED) is 0.893. The summed E-state index contributed by atoms with van der Waals surface area (Å²) in [6.07, 6.45) is 3.18. The van der Waals surface area contributed by atoms with E-state index in [0.29, 0.717) is 11.0 Å². The Labute approximate surface area is 97.2 Å². The Kier molecular flexibility index (Phi) is 3.18. The summed E-state index contributed by atoms with van der Waals surface area (Å²) < 4.78 is 0. The van der Waals surface area contributed by atoms with Gasteiger partial charge < -0.3 is 5.32 Å². The maximum atomic E-state index is 5.74. The van der Waals surface area contributed by atoms with Crippen LogP contribution in [0.1, 0.15) is 17.8 Å². The molecule has 0 fully saturated rings. The summed E-state index contributed by atoms with van der Waals surface area (Å²) in [5, 5.41) is 5.69. The average Bonchev–Trinajstić information content (AvgIpc) is 2.70. The van der Waals surface area contributed by atoms with E-state index < -0.39 is 0 Å². The van der Waals surface area contributed by atoms with Gasteiger partial charge in [-0.15, -0.1) is 11.3 Å². The largest absolute Gasteiger partial charge is 0.361 e. The van der Waals surface area contributed by atoms with Crippen LogP contribution in [0.2, 0.25) is 5.15 Å². The molecule has 1 atom stereocenters. The minimum atomic E-state index is 0.220. The van der Waals surface area contributed by atoms with E-state index in [1.54, 1.807) is 17.5 Å². The van der Waals surface area contributed by atoms with Gasteiger partial charge in [0.05, 0.1) is 18.4 Å². The summed E-state index contributed by atoms with van der Waals surface area (Å²) in [6, 6.07) is 4.33. The average molecular weight is 240 g/mol. The van der Waals surface area contributed by atoms with Crippen molar-refractivity contribution in [3.8, 4) is 0 Å². The maximum Gasteiger partial charge on any atom is 0.149 e. The van der Waals surface area contributed by atoms with Crippen molar-refractivity contribution in [2.24, 2.45) is 0 Å². The van der Waals surface area contributed by atoms with Crippen LogP contribution in [0.5, 0.6) is 0 Å². The second-order valence-corrected chi connectivity index (χ2v) is 4.48. The van der Waals surface area contributed by atoms with Crippen LogP contribution in [0.3, 0.4) is 0 Å². The van der Waals surface area contributed by atoms with Crippen molar-refractivity contribution in [2.45, 2.75) is 13.0 Å². The van der Waals surface area contributed by atoms with Crippen LogP contribution in [-0.2, 0) is 0 Å². The van der Waals surface area contributed by atoms with Crippen molar-refractivity contribution in [1.29, 1.82) is 0 Å². The number of rotatable bonds is 3. The van der Waals surface area contributed by atoms with Crippen molar-refractivity contribution in [1.82, 2.24) is 9.97 Å². The Morgan fingerprint density at radius 1 is 1.47 bits per heavy atom. The highest BCUT2D eigenvalue weighted by molar-refractivity contribution is 7.10. The monoisotopic (exact) mass is 239 g/mol. The molecule has 78 valence electrons.